The van der Waals surface area contributed by atoms with Crippen LogP contribution in [-0.2, 0) is 20.1 Å². The average Bonchev–Trinajstić information content (AvgIpc) is 3.10. The van der Waals surface area contributed by atoms with Gasteiger partial charge in [0.2, 0.25) is 0 Å². The number of benzene rings is 1. The van der Waals surface area contributed by atoms with Gasteiger partial charge in [-0.15, -0.1) is 24.0 Å². The molecule has 1 aromatic carbocycles. The summed E-state index contributed by atoms with van der Waals surface area (Å²) in [6.07, 6.45) is 3.94. The van der Waals surface area contributed by atoms with Gasteiger partial charge in [-0.05, 0) is 43.5 Å². The number of aliphatic imine (C=N–C) groups is 1. The van der Waals surface area contributed by atoms with E-state index < -0.39 is 0 Å². The van der Waals surface area contributed by atoms with Crippen LogP contribution < -0.4 is 5.32 Å². The molecule has 9 heteroatoms. The molecule has 0 amide bonds. The molecule has 7 nitrogen and oxygen atoms in total. The van der Waals surface area contributed by atoms with Crippen molar-refractivity contribution in [2.75, 3.05) is 33.7 Å². The van der Waals surface area contributed by atoms with Crippen molar-refractivity contribution in [2.24, 2.45) is 18.0 Å². The molecule has 0 aliphatic carbocycles. The molecule has 1 saturated heterocycles. The summed E-state index contributed by atoms with van der Waals surface area (Å²) in [5.41, 5.74) is 1.21. The summed E-state index contributed by atoms with van der Waals surface area (Å²) in [5.74, 6) is 2.46. The van der Waals surface area contributed by atoms with Gasteiger partial charge in [0, 0.05) is 39.3 Å². The number of piperidine rings is 1. The van der Waals surface area contributed by atoms with Crippen LogP contribution in [0.1, 0.15) is 24.2 Å². The number of guanidine groups is 1. The molecule has 1 aliphatic heterocycles. The van der Waals surface area contributed by atoms with Gasteiger partial charge in [-0.1, -0.05) is 29.8 Å². The molecule has 0 atom stereocenters. The third-order valence-corrected chi connectivity index (χ3v) is 5.73. The fraction of sp³-hybridized carbons (Fsp3) is 0.550. The highest BCUT2D eigenvalue weighted by molar-refractivity contribution is 14.0. The molecular formula is C20H31ClIN7. The van der Waals surface area contributed by atoms with Crippen molar-refractivity contribution in [1.82, 2.24) is 29.9 Å². The maximum atomic E-state index is 6.30. The fourth-order valence-corrected chi connectivity index (χ4v) is 3.78. The maximum Gasteiger partial charge on any atom is 0.193 e. The van der Waals surface area contributed by atoms with Crippen molar-refractivity contribution in [1.29, 1.82) is 0 Å². The van der Waals surface area contributed by atoms with Gasteiger partial charge in [-0.25, -0.2) is 4.98 Å². The van der Waals surface area contributed by atoms with Crippen LogP contribution in [0.2, 0.25) is 5.02 Å². The Labute approximate surface area is 195 Å². The van der Waals surface area contributed by atoms with Crippen molar-refractivity contribution in [3.05, 3.63) is 47.0 Å². The highest BCUT2D eigenvalue weighted by Crippen LogP contribution is 2.22. The number of nitrogens with zero attached hydrogens (tertiary/aromatic N) is 6. The number of hydrogen-bond acceptors (Lipinski definition) is 4. The molecule has 0 radical (unpaired) electrons. The monoisotopic (exact) mass is 531 g/mol. The second-order valence-electron chi connectivity index (χ2n) is 7.39. The van der Waals surface area contributed by atoms with E-state index in [-0.39, 0.29) is 24.0 Å². The minimum atomic E-state index is 0. The molecule has 160 valence electrons. The highest BCUT2D eigenvalue weighted by atomic mass is 127. The number of aromatic nitrogens is 3. The quantitative estimate of drug-likeness (QED) is 0.353. The summed E-state index contributed by atoms with van der Waals surface area (Å²) < 4.78 is 1.79. The van der Waals surface area contributed by atoms with Crippen LogP contribution in [0.4, 0.5) is 0 Å². The van der Waals surface area contributed by atoms with Gasteiger partial charge in [0.25, 0.3) is 0 Å². The molecule has 0 saturated carbocycles. The lowest BCUT2D eigenvalue weighted by molar-refractivity contribution is 0.177. The van der Waals surface area contributed by atoms with E-state index in [1.54, 1.807) is 11.0 Å². The topological polar surface area (TPSA) is 61.6 Å². The predicted molar refractivity (Wildman–Crippen MR) is 129 cm³/mol. The number of likely N-dealkylation sites (tertiary alicyclic amines) is 1. The zero-order valence-electron chi connectivity index (χ0n) is 17.4. The molecular weight excluding hydrogens is 501 g/mol. The first-order valence-corrected chi connectivity index (χ1v) is 10.1. The predicted octanol–water partition coefficient (Wildman–Crippen LogP) is 3.01. The van der Waals surface area contributed by atoms with Gasteiger partial charge in [-0.2, -0.15) is 5.10 Å². The van der Waals surface area contributed by atoms with E-state index in [9.17, 15) is 0 Å². The van der Waals surface area contributed by atoms with E-state index >= 15 is 0 Å². The van der Waals surface area contributed by atoms with Crippen LogP contribution >= 0.6 is 35.6 Å². The molecule has 1 aliphatic rings. The average molecular weight is 532 g/mol. The molecule has 1 aromatic heterocycles. The van der Waals surface area contributed by atoms with Crippen molar-refractivity contribution in [2.45, 2.75) is 25.9 Å². The molecule has 0 unspecified atom stereocenters. The van der Waals surface area contributed by atoms with Gasteiger partial charge >= 0.3 is 0 Å². The van der Waals surface area contributed by atoms with Gasteiger partial charge in [0.15, 0.2) is 5.96 Å². The van der Waals surface area contributed by atoms with Gasteiger partial charge in [0.1, 0.15) is 12.2 Å². The van der Waals surface area contributed by atoms with E-state index in [0.29, 0.717) is 12.5 Å². The smallest absolute Gasteiger partial charge is 0.193 e. The number of rotatable bonds is 6. The second-order valence-corrected chi connectivity index (χ2v) is 7.80. The molecule has 0 bridgehead atoms. The van der Waals surface area contributed by atoms with E-state index in [2.05, 4.69) is 42.3 Å². The Morgan fingerprint density at radius 1 is 1.31 bits per heavy atom. The summed E-state index contributed by atoms with van der Waals surface area (Å²) in [7, 11) is 5.75. The van der Waals surface area contributed by atoms with Crippen LogP contribution in [-0.4, -0.2) is 64.3 Å². The van der Waals surface area contributed by atoms with Gasteiger partial charge < -0.3 is 10.2 Å². The Bertz CT molecular complexity index is 787. The minimum Gasteiger partial charge on any atom is -0.356 e. The SMILES string of the molecule is CN=C(NCC1CCN(Cc2ccccc2Cl)CC1)N(C)Cc1ncnn1C.I. The lowest BCUT2D eigenvalue weighted by Crippen LogP contribution is -2.43. The van der Waals surface area contributed by atoms with Crippen LogP contribution in [0.3, 0.4) is 0 Å². The van der Waals surface area contributed by atoms with E-state index in [4.69, 9.17) is 11.6 Å². The van der Waals surface area contributed by atoms with Gasteiger partial charge in [0.05, 0.1) is 6.54 Å². The first kappa shape index (κ1) is 23.9. The van der Waals surface area contributed by atoms with Crippen molar-refractivity contribution in [3.63, 3.8) is 0 Å². The van der Waals surface area contributed by atoms with Crippen LogP contribution in [0.25, 0.3) is 0 Å². The van der Waals surface area contributed by atoms with Crippen molar-refractivity contribution in [3.8, 4) is 0 Å². The summed E-state index contributed by atoms with van der Waals surface area (Å²) in [6.45, 7) is 4.75. The summed E-state index contributed by atoms with van der Waals surface area (Å²) in [6, 6.07) is 8.13. The standard InChI is InChI=1S/C20H30ClN7.HI/c1-22-20(26(2)14-19-24-15-25-27(19)3)23-12-16-8-10-28(11-9-16)13-17-6-4-5-7-18(17)21;/h4-7,15-16H,8-14H2,1-3H3,(H,22,23);1H. The van der Waals surface area contributed by atoms with Crippen molar-refractivity contribution < 1.29 is 0 Å². The highest BCUT2D eigenvalue weighted by Gasteiger charge is 2.20. The lowest BCUT2D eigenvalue weighted by atomic mass is 9.96. The fourth-order valence-electron chi connectivity index (χ4n) is 3.59. The molecule has 1 N–H and O–H groups in total. The zero-order chi connectivity index (χ0) is 19.9. The molecule has 3 rings (SSSR count). The van der Waals surface area contributed by atoms with Crippen LogP contribution in [0.5, 0.6) is 0 Å². The molecule has 2 heterocycles. The number of hydrogen-bond donors (Lipinski definition) is 1. The Hall–Kier alpha value is -1.39. The van der Waals surface area contributed by atoms with Crippen LogP contribution in [0.15, 0.2) is 35.6 Å². The first-order chi connectivity index (χ1) is 13.6. The number of halogens is 2. The summed E-state index contributed by atoms with van der Waals surface area (Å²) >= 11 is 6.30. The Morgan fingerprint density at radius 2 is 2.03 bits per heavy atom. The zero-order valence-corrected chi connectivity index (χ0v) is 20.5. The van der Waals surface area contributed by atoms with E-state index in [0.717, 1.165) is 43.0 Å². The van der Waals surface area contributed by atoms with Crippen molar-refractivity contribution >= 4 is 41.5 Å². The molecule has 1 fully saturated rings. The second kappa shape index (κ2) is 11.7. The maximum absolute atomic E-state index is 6.30. The first-order valence-electron chi connectivity index (χ1n) is 9.77. The lowest BCUT2D eigenvalue weighted by Gasteiger charge is -2.33. The van der Waals surface area contributed by atoms with E-state index in [1.165, 1.54) is 18.4 Å². The Balaban J connectivity index is 0.00000300. The Kier molecular flexibility index (Phi) is 9.64. The minimum absolute atomic E-state index is 0. The van der Waals surface area contributed by atoms with Crippen LogP contribution in [0, 0.1) is 5.92 Å². The molecule has 2 aromatic rings. The summed E-state index contributed by atoms with van der Waals surface area (Å²) in [5, 5.41) is 8.51. The number of nitrogens with one attached hydrogen (secondary N) is 1. The third kappa shape index (κ3) is 6.82. The molecule has 29 heavy (non-hydrogen) atoms. The molecule has 0 spiro atoms. The number of aryl methyl sites for hydroxylation is 1. The normalized spacial score (nSPS) is 15.8. The Morgan fingerprint density at radius 3 is 2.66 bits per heavy atom. The largest absolute Gasteiger partial charge is 0.356 e. The summed E-state index contributed by atoms with van der Waals surface area (Å²) in [4.78, 5) is 13.3. The van der Waals surface area contributed by atoms with Gasteiger partial charge in [-0.3, -0.25) is 14.6 Å². The third-order valence-electron chi connectivity index (χ3n) is 5.36. The van der Waals surface area contributed by atoms with E-state index in [1.807, 2.05) is 33.3 Å².